The Labute approximate surface area is 93.0 Å². The van der Waals surface area contributed by atoms with Crippen LogP contribution in [0.1, 0.15) is 12.0 Å². The highest BCUT2D eigenvalue weighted by Crippen LogP contribution is 2.21. The van der Waals surface area contributed by atoms with E-state index in [2.05, 4.69) is 4.74 Å². The molecule has 1 aliphatic heterocycles. The third-order valence-corrected chi connectivity index (χ3v) is 2.70. The highest BCUT2D eigenvalue weighted by molar-refractivity contribution is 5.86. The van der Waals surface area contributed by atoms with Crippen LogP contribution in [0.3, 0.4) is 0 Å². The zero-order valence-corrected chi connectivity index (χ0v) is 9.01. The topological polar surface area (TPSA) is 59.8 Å². The quantitative estimate of drug-likeness (QED) is 0.711. The Morgan fingerprint density at radius 3 is 3.12 bits per heavy atom. The second-order valence-corrected chi connectivity index (χ2v) is 3.83. The number of hydrogen-bond acceptors (Lipinski definition) is 4. The smallest absolute Gasteiger partial charge is 0.310 e. The number of rotatable bonds is 3. The van der Waals surface area contributed by atoms with Gasteiger partial charge < -0.3 is 14.1 Å². The molecule has 1 saturated heterocycles. The lowest BCUT2D eigenvalue weighted by atomic mass is 10.1. The van der Waals surface area contributed by atoms with E-state index >= 15 is 0 Å². The molecule has 1 fully saturated rings. The summed E-state index contributed by atoms with van der Waals surface area (Å²) in [5.41, 5.74) is 0.930. The molecule has 0 spiro atoms. The van der Waals surface area contributed by atoms with Crippen molar-refractivity contribution < 1.29 is 18.7 Å². The van der Waals surface area contributed by atoms with E-state index in [1.165, 1.54) is 7.11 Å². The summed E-state index contributed by atoms with van der Waals surface area (Å²) in [7, 11) is 1.34. The van der Waals surface area contributed by atoms with Gasteiger partial charge in [-0.15, -0.1) is 0 Å². The molecular formula is C11H13NO4. The van der Waals surface area contributed by atoms with Gasteiger partial charge in [-0.05, 0) is 6.07 Å². The predicted molar refractivity (Wildman–Crippen MR) is 54.2 cm³/mol. The van der Waals surface area contributed by atoms with Crippen molar-refractivity contribution in [1.82, 2.24) is 4.90 Å². The van der Waals surface area contributed by atoms with Crippen LogP contribution in [0, 0.1) is 5.92 Å². The van der Waals surface area contributed by atoms with Gasteiger partial charge in [0.1, 0.15) is 0 Å². The zero-order valence-electron chi connectivity index (χ0n) is 9.01. The van der Waals surface area contributed by atoms with Crippen LogP contribution < -0.4 is 0 Å². The second kappa shape index (κ2) is 4.38. The number of methoxy groups -OCH3 is 1. The van der Waals surface area contributed by atoms with Crippen molar-refractivity contribution in [1.29, 1.82) is 0 Å². The molecule has 5 nitrogen and oxygen atoms in total. The lowest BCUT2D eigenvalue weighted by Crippen LogP contribution is -2.25. The van der Waals surface area contributed by atoms with Crippen LogP contribution in [0.4, 0.5) is 0 Å². The van der Waals surface area contributed by atoms with Gasteiger partial charge in [0.25, 0.3) is 0 Å². The monoisotopic (exact) mass is 223 g/mol. The van der Waals surface area contributed by atoms with Crippen LogP contribution in [0.25, 0.3) is 0 Å². The third-order valence-electron chi connectivity index (χ3n) is 2.70. The number of esters is 1. The summed E-state index contributed by atoms with van der Waals surface area (Å²) in [4.78, 5) is 24.6. The first-order valence-electron chi connectivity index (χ1n) is 5.07. The van der Waals surface area contributed by atoms with Crippen molar-refractivity contribution in [2.75, 3.05) is 13.7 Å². The van der Waals surface area contributed by atoms with Crippen LogP contribution >= 0.6 is 0 Å². The number of hydrogen-bond donors (Lipinski definition) is 0. The second-order valence-electron chi connectivity index (χ2n) is 3.83. The Morgan fingerprint density at radius 2 is 2.50 bits per heavy atom. The van der Waals surface area contributed by atoms with Gasteiger partial charge in [-0.3, -0.25) is 9.59 Å². The molecule has 1 atom stereocenters. The largest absolute Gasteiger partial charge is 0.472 e. The normalized spacial score (nSPS) is 20.2. The highest BCUT2D eigenvalue weighted by Gasteiger charge is 2.34. The molecule has 1 amide bonds. The van der Waals surface area contributed by atoms with Crippen LogP contribution in [-0.4, -0.2) is 30.4 Å². The van der Waals surface area contributed by atoms with Crippen LogP contribution in [0.2, 0.25) is 0 Å². The first-order valence-corrected chi connectivity index (χ1v) is 5.07. The van der Waals surface area contributed by atoms with Gasteiger partial charge in [-0.1, -0.05) is 0 Å². The van der Waals surface area contributed by atoms with Crippen molar-refractivity contribution in [3.63, 3.8) is 0 Å². The van der Waals surface area contributed by atoms with Gasteiger partial charge >= 0.3 is 5.97 Å². The molecule has 0 aliphatic carbocycles. The summed E-state index contributed by atoms with van der Waals surface area (Å²) in [6, 6.07) is 1.80. The fourth-order valence-corrected chi connectivity index (χ4v) is 1.85. The lowest BCUT2D eigenvalue weighted by molar-refractivity contribution is -0.145. The van der Waals surface area contributed by atoms with E-state index in [-0.39, 0.29) is 24.2 Å². The van der Waals surface area contributed by atoms with E-state index in [9.17, 15) is 9.59 Å². The molecule has 5 heteroatoms. The minimum Gasteiger partial charge on any atom is -0.472 e. The average molecular weight is 223 g/mol. The summed E-state index contributed by atoms with van der Waals surface area (Å²) in [5, 5.41) is 0. The van der Waals surface area contributed by atoms with E-state index in [1.807, 2.05) is 0 Å². The number of ether oxygens (including phenoxy) is 1. The van der Waals surface area contributed by atoms with Crippen molar-refractivity contribution in [3.8, 4) is 0 Å². The van der Waals surface area contributed by atoms with E-state index in [0.29, 0.717) is 13.1 Å². The number of amides is 1. The molecule has 86 valence electrons. The first kappa shape index (κ1) is 10.7. The Kier molecular flexibility index (Phi) is 2.94. The molecule has 1 aromatic heterocycles. The third kappa shape index (κ3) is 2.08. The van der Waals surface area contributed by atoms with Gasteiger partial charge in [-0.25, -0.2) is 0 Å². The highest BCUT2D eigenvalue weighted by atomic mass is 16.5. The Hall–Kier alpha value is -1.78. The summed E-state index contributed by atoms with van der Waals surface area (Å²) in [5.74, 6) is -0.663. The molecule has 0 radical (unpaired) electrons. The van der Waals surface area contributed by atoms with Gasteiger partial charge in [0, 0.05) is 25.1 Å². The van der Waals surface area contributed by atoms with Crippen LogP contribution in [0.5, 0.6) is 0 Å². The van der Waals surface area contributed by atoms with E-state index < -0.39 is 0 Å². The van der Waals surface area contributed by atoms with E-state index in [0.717, 1.165) is 5.56 Å². The van der Waals surface area contributed by atoms with E-state index in [1.54, 1.807) is 23.5 Å². The number of carbonyl (C=O) groups excluding carboxylic acids is 2. The zero-order chi connectivity index (χ0) is 11.5. The Bertz CT molecular complexity index is 385. The first-order chi connectivity index (χ1) is 7.70. The maximum absolute atomic E-state index is 11.6. The SMILES string of the molecule is COC(=O)C1CC(=O)N(Cc2ccoc2)C1. The Morgan fingerprint density at radius 1 is 1.69 bits per heavy atom. The predicted octanol–water partition coefficient (Wildman–Crippen LogP) is 0.801. The minimum atomic E-state index is -0.329. The van der Waals surface area contributed by atoms with Gasteiger partial charge in [0.15, 0.2) is 0 Å². The molecule has 0 N–H and O–H groups in total. The van der Waals surface area contributed by atoms with Crippen LogP contribution in [-0.2, 0) is 20.9 Å². The number of carbonyl (C=O) groups is 2. The van der Waals surface area contributed by atoms with Crippen molar-refractivity contribution >= 4 is 11.9 Å². The van der Waals surface area contributed by atoms with Crippen molar-refractivity contribution in [2.45, 2.75) is 13.0 Å². The molecule has 0 saturated carbocycles. The number of nitrogens with zero attached hydrogens (tertiary/aromatic N) is 1. The molecule has 1 unspecified atom stereocenters. The molecular weight excluding hydrogens is 210 g/mol. The van der Waals surface area contributed by atoms with Gasteiger partial charge in [0.2, 0.25) is 5.91 Å². The Balaban J connectivity index is 1.97. The standard InChI is InChI=1S/C11H13NO4/c1-15-11(14)9-4-10(13)12(6-9)5-8-2-3-16-7-8/h2-3,7,9H,4-6H2,1H3. The van der Waals surface area contributed by atoms with Crippen molar-refractivity contribution in [2.24, 2.45) is 5.92 Å². The molecule has 0 aromatic carbocycles. The minimum absolute atomic E-state index is 0.0170. The maximum atomic E-state index is 11.6. The number of likely N-dealkylation sites (tertiary alicyclic amines) is 1. The summed E-state index contributed by atoms with van der Waals surface area (Å²) in [6.45, 7) is 0.916. The van der Waals surface area contributed by atoms with Crippen molar-refractivity contribution in [3.05, 3.63) is 24.2 Å². The molecule has 1 aliphatic rings. The van der Waals surface area contributed by atoms with Gasteiger partial charge in [-0.2, -0.15) is 0 Å². The number of furan rings is 1. The summed E-state index contributed by atoms with van der Waals surface area (Å²) in [6.07, 6.45) is 3.40. The fourth-order valence-electron chi connectivity index (χ4n) is 1.85. The molecule has 16 heavy (non-hydrogen) atoms. The molecule has 2 heterocycles. The maximum Gasteiger partial charge on any atom is 0.310 e. The average Bonchev–Trinajstić information content (AvgIpc) is 2.89. The van der Waals surface area contributed by atoms with Gasteiger partial charge in [0.05, 0.1) is 25.6 Å². The van der Waals surface area contributed by atoms with E-state index in [4.69, 9.17) is 4.42 Å². The molecule has 2 rings (SSSR count). The summed E-state index contributed by atoms with van der Waals surface area (Å²) < 4.78 is 9.56. The molecule has 0 bridgehead atoms. The fraction of sp³-hybridized carbons (Fsp3) is 0.455. The lowest BCUT2D eigenvalue weighted by Gasteiger charge is -2.14. The summed E-state index contributed by atoms with van der Waals surface area (Å²) >= 11 is 0. The molecule has 1 aromatic rings. The van der Waals surface area contributed by atoms with Crippen LogP contribution in [0.15, 0.2) is 23.0 Å².